The first-order chi connectivity index (χ1) is 7.31. The lowest BCUT2D eigenvalue weighted by atomic mass is 10.1. The maximum Gasteiger partial charge on any atom is 0.0484 e. The first-order valence-corrected chi connectivity index (χ1v) is 5.22. The summed E-state index contributed by atoms with van der Waals surface area (Å²) in [5, 5.41) is 3.87. The van der Waals surface area contributed by atoms with E-state index in [1.54, 1.807) is 0 Å². The Hall–Kier alpha value is -1.47. The first-order valence-electron chi connectivity index (χ1n) is 4.84. The van der Waals surface area contributed by atoms with Crippen molar-refractivity contribution in [1.29, 1.82) is 0 Å². The van der Waals surface area contributed by atoms with Crippen molar-refractivity contribution in [2.24, 2.45) is 0 Å². The molecular formula is C13H12ClN. The monoisotopic (exact) mass is 217 g/mol. The Kier molecular flexibility index (Phi) is 2.93. The quantitative estimate of drug-likeness (QED) is 0.801. The van der Waals surface area contributed by atoms with Crippen LogP contribution in [0.25, 0.3) is 11.1 Å². The lowest BCUT2D eigenvalue weighted by molar-refractivity contribution is 1.51. The molecule has 0 atom stereocenters. The molecule has 0 aliphatic heterocycles. The molecule has 0 spiro atoms. The molecular weight excluding hydrogens is 206 g/mol. The van der Waals surface area contributed by atoms with E-state index >= 15 is 0 Å². The summed E-state index contributed by atoms with van der Waals surface area (Å²) in [4.78, 5) is 0. The maximum atomic E-state index is 6.12. The minimum atomic E-state index is 0.787. The highest BCUT2D eigenvalue weighted by molar-refractivity contribution is 6.33. The molecule has 0 unspecified atom stereocenters. The van der Waals surface area contributed by atoms with Crippen molar-refractivity contribution in [1.82, 2.24) is 0 Å². The van der Waals surface area contributed by atoms with Gasteiger partial charge < -0.3 is 5.32 Å². The van der Waals surface area contributed by atoms with E-state index in [0.717, 1.165) is 21.8 Å². The van der Waals surface area contributed by atoms with Gasteiger partial charge in [-0.2, -0.15) is 0 Å². The van der Waals surface area contributed by atoms with Crippen molar-refractivity contribution in [2.45, 2.75) is 0 Å². The van der Waals surface area contributed by atoms with E-state index < -0.39 is 0 Å². The molecule has 0 aliphatic carbocycles. The summed E-state index contributed by atoms with van der Waals surface area (Å²) in [6.45, 7) is 0. The number of benzene rings is 2. The molecule has 0 bridgehead atoms. The van der Waals surface area contributed by atoms with Crippen LogP contribution in [-0.4, -0.2) is 7.05 Å². The number of halogens is 1. The van der Waals surface area contributed by atoms with Gasteiger partial charge in [0, 0.05) is 23.3 Å². The van der Waals surface area contributed by atoms with Gasteiger partial charge in [0.25, 0.3) is 0 Å². The topological polar surface area (TPSA) is 12.0 Å². The van der Waals surface area contributed by atoms with Gasteiger partial charge in [0.2, 0.25) is 0 Å². The van der Waals surface area contributed by atoms with Gasteiger partial charge in [-0.3, -0.25) is 0 Å². The molecule has 0 radical (unpaired) electrons. The van der Waals surface area contributed by atoms with E-state index in [2.05, 4.69) is 17.4 Å². The van der Waals surface area contributed by atoms with Crippen molar-refractivity contribution < 1.29 is 0 Å². The summed E-state index contributed by atoms with van der Waals surface area (Å²) in [6.07, 6.45) is 0. The zero-order valence-corrected chi connectivity index (χ0v) is 9.25. The Balaban J connectivity index is 2.42. The first kappa shape index (κ1) is 10.1. The maximum absolute atomic E-state index is 6.12. The van der Waals surface area contributed by atoms with Crippen molar-refractivity contribution >= 4 is 17.3 Å². The van der Waals surface area contributed by atoms with Gasteiger partial charge in [0.15, 0.2) is 0 Å². The lowest BCUT2D eigenvalue weighted by Gasteiger charge is -2.05. The van der Waals surface area contributed by atoms with E-state index in [0.29, 0.717) is 0 Å². The number of hydrogen-bond donors (Lipinski definition) is 1. The molecule has 0 heterocycles. The molecule has 0 fully saturated rings. The largest absolute Gasteiger partial charge is 0.388 e. The van der Waals surface area contributed by atoms with Crippen LogP contribution in [-0.2, 0) is 0 Å². The molecule has 2 rings (SSSR count). The van der Waals surface area contributed by atoms with Gasteiger partial charge in [-0.05, 0) is 23.8 Å². The van der Waals surface area contributed by atoms with Gasteiger partial charge in [-0.15, -0.1) is 0 Å². The minimum absolute atomic E-state index is 0.787. The number of rotatable bonds is 2. The highest BCUT2D eigenvalue weighted by atomic mass is 35.5. The predicted octanol–water partition coefficient (Wildman–Crippen LogP) is 4.05. The van der Waals surface area contributed by atoms with E-state index in [9.17, 15) is 0 Å². The molecule has 15 heavy (non-hydrogen) atoms. The normalized spacial score (nSPS) is 10.0. The summed E-state index contributed by atoms with van der Waals surface area (Å²) in [6, 6.07) is 16.1. The van der Waals surface area contributed by atoms with Crippen LogP contribution >= 0.6 is 11.6 Å². The fraction of sp³-hybridized carbons (Fsp3) is 0.0769. The Morgan fingerprint density at radius 3 is 2.20 bits per heavy atom. The Morgan fingerprint density at radius 2 is 1.60 bits per heavy atom. The summed E-state index contributed by atoms with van der Waals surface area (Å²) >= 11 is 6.12. The molecule has 0 saturated carbocycles. The van der Waals surface area contributed by atoms with E-state index in [-0.39, 0.29) is 0 Å². The second-order valence-electron chi connectivity index (χ2n) is 3.31. The molecule has 2 aromatic rings. The molecule has 2 heteroatoms. The van der Waals surface area contributed by atoms with Crippen molar-refractivity contribution in [3.8, 4) is 11.1 Å². The van der Waals surface area contributed by atoms with Crippen LogP contribution in [0.3, 0.4) is 0 Å². The molecule has 0 aromatic heterocycles. The predicted molar refractivity (Wildman–Crippen MR) is 66.4 cm³/mol. The zero-order chi connectivity index (χ0) is 10.7. The summed E-state index contributed by atoms with van der Waals surface area (Å²) < 4.78 is 0. The summed E-state index contributed by atoms with van der Waals surface area (Å²) in [7, 11) is 1.91. The van der Waals surface area contributed by atoms with E-state index in [1.807, 2.05) is 43.4 Å². The van der Waals surface area contributed by atoms with Crippen LogP contribution in [0, 0.1) is 0 Å². The Bertz CT molecular complexity index is 448. The fourth-order valence-electron chi connectivity index (χ4n) is 1.51. The number of anilines is 1. The van der Waals surface area contributed by atoms with E-state index in [4.69, 9.17) is 11.6 Å². The number of nitrogens with one attached hydrogen (secondary N) is 1. The third kappa shape index (κ3) is 2.13. The second-order valence-corrected chi connectivity index (χ2v) is 3.71. The number of hydrogen-bond acceptors (Lipinski definition) is 1. The van der Waals surface area contributed by atoms with Gasteiger partial charge >= 0.3 is 0 Å². The van der Waals surface area contributed by atoms with Crippen molar-refractivity contribution in [3.63, 3.8) is 0 Å². The summed E-state index contributed by atoms with van der Waals surface area (Å²) in [5.41, 5.74) is 3.31. The van der Waals surface area contributed by atoms with E-state index in [1.165, 1.54) is 0 Å². The molecule has 1 nitrogen and oxygen atoms in total. The van der Waals surface area contributed by atoms with Crippen LogP contribution in [0.15, 0.2) is 48.5 Å². The minimum Gasteiger partial charge on any atom is -0.388 e. The second kappa shape index (κ2) is 4.37. The smallest absolute Gasteiger partial charge is 0.0484 e. The van der Waals surface area contributed by atoms with Crippen molar-refractivity contribution in [3.05, 3.63) is 53.6 Å². The van der Waals surface area contributed by atoms with Crippen LogP contribution in [0.1, 0.15) is 0 Å². The SMILES string of the molecule is CNc1ccc(-c2ccccc2Cl)cc1. The van der Waals surface area contributed by atoms with Gasteiger partial charge in [-0.25, -0.2) is 0 Å². The van der Waals surface area contributed by atoms with Crippen LogP contribution in [0.5, 0.6) is 0 Å². The average molecular weight is 218 g/mol. The average Bonchev–Trinajstić information content (AvgIpc) is 2.30. The van der Waals surface area contributed by atoms with Crippen molar-refractivity contribution in [2.75, 3.05) is 12.4 Å². The molecule has 2 aromatic carbocycles. The highest BCUT2D eigenvalue weighted by Crippen LogP contribution is 2.28. The van der Waals surface area contributed by atoms with Crippen LogP contribution in [0.2, 0.25) is 5.02 Å². The lowest BCUT2D eigenvalue weighted by Crippen LogP contribution is -1.87. The molecule has 0 aliphatic rings. The highest BCUT2D eigenvalue weighted by Gasteiger charge is 2.01. The molecule has 76 valence electrons. The zero-order valence-electron chi connectivity index (χ0n) is 8.50. The third-order valence-electron chi connectivity index (χ3n) is 2.36. The molecule has 0 saturated heterocycles. The third-order valence-corrected chi connectivity index (χ3v) is 2.69. The Morgan fingerprint density at radius 1 is 0.933 bits per heavy atom. The fourth-order valence-corrected chi connectivity index (χ4v) is 1.76. The molecule has 0 amide bonds. The van der Waals surface area contributed by atoms with Crippen LogP contribution in [0.4, 0.5) is 5.69 Å². The standard InChI is InChI=1S/C13H12ClN/c1-15-11-8-6-10(7-9-11)12-4-2-3-5-13(12)14/h2-9,15H,1H3. The van der Waals surface area contributed by atoms with Gasteiger partial charge in [0.05, 0.1) is 0 Å². The van der Waals surface area contributed by atoms with Crippen LogP contribution < -0.4 is 5.32 Å². The molecule has 1 N–H and O–H groups in total. The summed E-state index contributed by atoms with van der Waals surface area (Å²) in [5.74, 6) is 0. The van der Waals surface area contributed by atoms with Gasteiger partial charge in [0.1, 0.15) is 0 Å². The van der Waals surface area contributed by atoms with Gasteiger partial charge in [-0.1, -0.05) is 41.9 Å². The Labute approximate surface area is 94.7 Å².